The molecule has 0 bridgehead atoms. The number of allylic oxidation sites excluding steroid dienone is 3. The Kier molecular flexibility index (Phi) is 7.45. The van der Waals surface area contributed by atoms with E-state index >= 15 is 0 Å². The third-order valence-electron chi connectivity index (χ3n) is 7.96. The van der Waals surface area contributed by atoms with Crippen molar-refractivity contribution in [2.24, 2.45) is 5.92 Å². The van der Waals surface area contributed by atoms with Gasteiger partial charge in [0.1, 0.15) is 17.6 Å². The van der Waals surface area contributed by atoms with Gasteiger partial charge in [0.15, 0.2) is 11.5 Å². The Morgan fingerprint density at radius 2 is 1.61 bits per heavy atom. The van der Waals surface area contributed by atoms with Crippen LogP contribution in [0.4, 0.5) is 0 Å². The molecule has 1 heterocycles. The summed E-state index contributed by atoms with van der Waals surface area (Å²) in [7, 11) is 4.80. The normalized spacial score (nSPS) is 23.3. The van der Waals surface area contributed by atoms with Crippen LogP contribution in [0, 0.1) is 5.92 Å². The van der Waals surface area contributed by atoms with Crippen molar-refractivity contribution in [1.82, 2.24) is 5.32 Å². The van der Waals surface area contributed by atoms with Crippen molar-refractivity contribution in [1.29, 1.82) is 0 Å². The van der Waals surface area contributed by atoms with E-state index in [1.54, 1.807) is 21.3 Å². The highest BCUT2D eigenvalue weighted by molar-refractivity contribution is 5.96. The third kappa shape index (κ3) is 4.77. The molecule has 2 aromatic carbocycles. The summed E-state index contributed by atoms with van der Waals surface area (Å²) in [6, 6.07) is 13.4. The van der Waals surface area contributed by atoms with E-state index in [-0.39, 0.29) is 23.8 Å². The molecule has 0 amide bonds. The molecule has 0 spiro atoms. The minimum absolute atomic E-state index is 0.0596. The van der Waals surface area contributed by atoms with Crippen molar-refractivity contribution >= 4 is 11.8 Å². The van der Waals surface area contributed by atoms with Gasteiger partial charge in [0.2, 0.25) is 0 Å². The lowest BCUT2D eigenvalue weighted by molar-refractivity contribution is -0.144. The zero-order valence-corrected chi connectivity index (χ0v) is 22.4. The van der Waals surface area contributed by atoms with Crippen LogP contribution in [-0.4, -0.2) is 39.2 Å². The molecule has 3 aliphatic rings. The number of ether oxygens (including phenoxy) is 4. The monoisotopic (exact) mass is 517 g/mol. The standard InChI is InChI=1S/C31H35NO6/c1-18-28(31(34)38-21-9-5-6-10-21)29(19-13-14-26(36-3)27(17-19)37-4)30-23(32-18)15-20(16-24(30)33)22-11-7-8-12-25(22)35-2/h7-8,11-15,17,20-21,29-30,32H,5-6,9-10,16H2,1-4H3. The molecule has 3 unspecified atom stereocenters. The molecular weight excluding hydrogens is 482 g/mol. The minimum atomic E-state index is -0.547. The fourth-order valence-electron chi connectivity index (χ4n) is 6.14. The molecule has 7 heteroatoms. The summed E-state index contributed by atoms with van der Waals surface area (Å²) in [5.74, 6) is 0.387. The number of esters is 1. The Morgan fingerprint density at radius 1 is 0.895 bits per heavy atom. The molecule has 1 fully saturated rings. The molecule has 1 aliphatic heterocycles. The summed E-state index contributed by atoms with van der Waals surface area (Å²) in [6.07, 6.45) is 6.21. The SMILES string of the molecule is COc1ccc(C2C(C(=O)OC3CCCC3)=C(C)NC3=CC(c4ccccc4OC)CC(=O)C32)cc1OC. The van der Waals surface area contributed by atoms with Gasteiger partial charge in [0.05, 0.1) is 32.8 Å². The molecule has 38 heavy (non-hydrogen) atoms. The van der Waals surface area contributed by atoms with Gasteiger partial charge in [-0.2, -0.15) is 0 Å². The van der Waals surface area contributed by atoms with Crippen LogP contribution < -0.4 is 19.5 Å². The van der Waals surface area contributed by atoms with Gasteiger partial charge < -0.3 is 24.3 Å². The van der Waals surface area contributed by atoms with Crippen molar-refractivity contribution in [2.45, 2.75) is 57.0 Å². The number of carbonyl (C=O) groups is 2. The largest absolute Gasteiger partial charge is 0.496 e. The number of Topliss-reactive ketones (excluding diaryl/α,β-unsaturated/α-hetero) is 1. The summed E-state index contributed by atoms with van der Waals surface area (Å²) < 4.78 is 22.6. The van der Waals surface area contributed by atoms with E-state index in [4.69, 9.17) is 18.9 Å². The van der Waals surface area contributed by atoms with Crippen molar-refractivity contribution in [3.63, 3.8) is 0 Å². The van der Waals surface area contributed by atoms with Crippen LogP contribution in [0.2, 0.25) is 0 Å². The molecule has 0 radical (unpaired) electrons. The second-order valence-corrected chi connectivity index (χ2v) is 10.2. The first kappa shape index (κ1) is 25.9. The van der Waals surface area contributed by atoms with E-state index in [1.165, 1.54) is 0 Å². The lowest BCUT2D eigenvalue weighted by Gasteiger charge is -2.40. The van der Waals surface area contributed by atoms with Gasteiger partial charge in [-0.05, 0) is 56.4 Å². The van der Waals surface area contributed by atoms with Gasteiger partial charge in [-0.1, -0.05) is 30.3 Å². The number of benzene rings is 2. The predicted molar refractivity (Wildman–Crippen MR) is 143 cm³/mol. The van der Waals surface area contributed by atoms with Gasteiger partial charge in [0, 0.05) is 35.2 Å². The van der Waals surface area contributed by atoms with Crippen molar-refractivity contribution in [3.8, 4) is 17.2 Å². The average molecular weight is 518 g/mol. The smallest absolute Gasteiger partial charge is 0.336 e. The number of hydrogen-bond acceptors (Lipinski definition) is 7. The van der Waals surface area contributed by atoms with E-state index in [2.05, 4.69) is 11.4 Å². The summed E-state index contributed by atoms with van der Waals surface area (Å²) in [6.45, 7) is 1.88. The highest BCUT2D eigenvalue weighted by Crippen LogP contribution is 2.48. The lowest BCUT2D eigenvalue weighted by atomic mass is 9.68. The van der Waals surface area contributed by atoms with Crippen LogP contribution in [0.3, 0.4) is 0 Å². The summed E-state index contributed by atoms with van der Waals surface area (Å²) in [5, 5.41) is 3.42. The van der Waals surface area contributed by atoms with Crippen LogP contribution in [0.1, 0.15) is 62.0 Å². The number of fused-ring (bicyclic) bond motifs is 1. The zero-order valence-electron chi connectivity index (χ0n) is 22.4. The van der Waals surface area contributed by atoms with Gasteiger partial charge in [-0.3, -0.25) is 4.79 Å². The van der Waals surface area contributed by atoms with Crippen LogP contribution in [0.25, 0.3) is 0 Å². The van der Waals surface area contributed by atoms with Crippen molar-refractivity contribution in [2.75, 3.05) is 21.3 Å². The highest BCUT2D eigenvalue weighted by atomic mass is 16.5. The van der Waals surface area contributed by atoms with Crippen LogP contribution in [0.5, 0.6) is 17.2 Å². The highest BCUT2D eigenvalue weighted by Gasteiger charge is 2.46. The first-order valence-electron chi connectivity index (χ1n) is 13.2. The fourth-order valence-corrected chi connectivity index (χ4v) is 6.14. The number of ketones is 1. The topological polar surface area (TPSA) is 83.1 Å². The number of rotatable bonds is 7. The molecule has 7 nitrogen and oxygen atoms in total. The molecule has 1 N–H and O–H groups in total. The number of carbonyl (C=O) groups excluding carboxylic acids is 2. The van der Waals surface area contributed by atoms with E-state index in [1.807, 2.05) is 49.4 Å². The summed E-state index contributed by atoms with van der Waals surface area (Å²) in [4.78, 5) is 27.6. The number of para-hydroxylation sites is 1. The molecule has 2 aliphatic carbocycles. The second-order valence-electron chi connectivity index (χ2n) is 10.2. The molecule has 2 aromatic rings. The first-order chi connectivity index (χ1) is 18.4. The summed E-state index contributed by atoms with van der Waals surface area (Å²) in [5.41, 5.74) is 3.76. The molecule has 1 saturated carbocycles. The number of methoxy groups -OCH3 is 3. The maximum absolute atomic E-state index is 13.9. The Balaban J connectivity index is 1.60. The minimum Gasteiger partial charge on any atom is -0.496 e. The molecule has 200 valence electrons. The second kappa shape index (κ2) is 10.9. The molecule has 5 rings (SSSR count). The maximum Gasteiger partial charge on any atom is 0.336 e. The van der Waals surface area contributed by atoms with E-state index in [0.717, 1.165) is 48.3 Å². The van der Waals surface area contributed by atoms with Crippen molar-refractivity contribution < 1.29 is 28.5 Å². The average Bonchev–Trinajstić information content (AvgIpc) is 3.44. The fraction of sp³-hybridized carbons (Fsp3) is 0.419. The molecule has 3 atom stereocenters. The molecule has 0 aromatic heterocycles. The molecular formula is C31H35NO6. The first-order valence-corrected chi connectivity index (χ1v) is 13.2. The zero-order chi connectivity index (χ0) is 26.8. The van der Waals surface area contributed by atoms with Crippen LogP contribution in [-0.2, 0) is 14.3 Å². The Labute approximate surface area is 223 Å². The van der Waals surface area contributed by atoms with Gasteiger partial charge in [0.25, 0.3) is 0 Å². The van der Waals surface area contributed by atoms with E-state index < -0.39 is 11.8 Å². The molecule has 0 saturated heterocycles. The quantitative estimate of drug-likeness (QED) is 0.491. The van der Waals surface area contributed by atoms with Gasteiger partial charge >= 0.3 is 5.97 Å². The number of hydrogen-bond donors (Lipinski definition) is 1. The maximum atomic E-state index is 13.9. The Hall–Kier alpha value is -3.74. The third-order valence-corrected chi connectivity index (χ3v) is 7.96. The number of nitrogens with one attached hydrogen (secondary N) is 1. The van der Waals surface area contributed by atoms with Crippen LogP contribution >= 0.6 is 0 Å². The van der Waals surface area contributed by atoms with E-state index in [9.17, 15) is 9.59 Å². The predicted octanol–water partition coefficient (Wildman–Crippen LogP) is 5.42. The summed E-state index contributed by atoms with van der Waals surface area (Å²) >= 11 is 0. The van der Waals surface area contributed by atoms with Crippen LogP contribution in [0.15, 0.2) is 65.5 Å². The Bertz CT molecular complexity index is 1290. The lowest BCUT2D eigenvalue weighted by Crippen LogP contribution is -2.42. The van der Waals surface area contributed by atoms with Gasteiger partial charge in [-0.15, -0.1) is 0 Å². The van der Waals surface area contributed by atoms with Gasteiger partial charge in [-0.25, -0.2) is 4.79 Å². The van der Waals surface area contributed by atoms with Crippen molar-refractivity contribution in [3.05, 3.63) is 76.6 Å². The van der Waals surface area contributed by atoms with E-state index in [0.29, 0.717) is 29.2 Å². The Morgan fingerprint density at radius 3 is 2.32 bits per heavy atom.